The minimum atomic E-state index is -2.57. The molecule has 0 bridgehead atoms. The van der Waals surface area contributed by atoms with Crippen LogP contribution in [0.4, 0.5) is 0 Å². The first-order valence-corrected chi connectivity index (χ1v) is 7.29. The van der Waals surface area contributed by atoms with E-state index in [1.54, 1.807) is 6.20 Å². The quantitative estimate of drug-likeness (QED) is 0.755. The highest BCUT2D eigenvalue weighted by Gasteiger charge is 2.23. The summed E-state index contributed by atoms with van der Waals surface area (Å²) in [5.74, 6) is 0.483. The van der Waals surface area contributed by atoms with Gasteiger partial charge in [0.2, 0.25) is 0 Å². The van der Waals surface area contributed by atoms with Gasteiger partial charge < -0.3 is 0 Å². The van der Waals surface area contributed by atoms with Crippen LogP contribution >= 0.6 is 0 Å². The molecule has 1 aliphatic rings. The van der Waals surface area contributed by atoms with E-state index >= 15 is 0 Å². The standard InChI is InChI=1S/C12H18N2OS/c1-12(2,3)11-7-9-5-4-6-16(13,15)10(9)8-14-11/h7-8,13H,4-6H2,1-3H3/t16-/m0/s1. The maximum Gasteiger partial charge on any atom is 0.0744 e. The van der Waals surface area contributed by atoms with E-state index in [1.807, 2.05) is 6.07 Å². The zero-order valence-corrected chi connectivity index (χ0v) is 10.9. The lowest BCUT2D eigenvalue weighted by molar-refractivity contribution is 0.564. The van der Waals surface area contributed by atoms with E-state index in [9.17, 15) is 4.21 Å². The van der Waals surface area contributed by atoms with E-state index in [1.165, 1.54) is 0 Å². The van der Waals surface area contributed by atoms with Crippen LogP contribution in [0.1, 0.15) is 38.4 Å². The van der Waals surface area contributed by atoms with Gasteiger partial charge in [-0.3, -0.25) is 4.98 Å². The molecule has 0 aliphatic carbocycles. The molecule has 0 aromatic carbocycles. The van der Waals surface area contributed by atoms with Gasteiger partial charge in [-0.1, -0.05) is 20.8 Å². The van der Waals surface area contributed by atoms with Crippen LogP contribution in [-0.4, -0.2) is 14.9 Å². The molecule has 1 atom stereocenters. The smallest absolute Gasteiger partial charge is 0.0744 e. The van der Waals surface area contributed by atoms with E-state index in [4.69, 9.17) is 4.78 Å². The molecule has 1 aliphatic heterocycles. The van der Waals surface area contributed by atoms with Gasteiger partial charge in [-0.15, -0.1) is 0 Å². The van der Waals surface area contributed by atoms with Gasteiger partial charge in [0, 0.05) is 23.1 Å². The third kappa shape index (κ3) is 1.98. The average molecular weight is 238 g/mol. The summed E-state index contributed by atoms with van der Waals surface area (Å²) < 4.78 is 19.8. The number of nitrogens with one attached hydrogen (secondary N) is 1. The fourth-order valence-corrected chi connectivity index (χ4v) is 3.54. The molecular weight excluding hydrogens is 220 g/mol. The molecule has 3 nitrogen and oxygen atoms in total. The summed E-state index contributed by atoms with van der Waals surface area (Å²) in [6.07, 6.45) is 3.43. The highest BCUT2D eigenvalue weighted by Crippen LogP contribution is 2.28. The van der Waals surface area contributed by atoms with Gasteiger partial charge in [0.1, 0.15) is 0 Å². The van der Waals surface area contributed by atoms with Gasteiger partial charge in [0.15, 0.2) is 0 Å². The highest BCUT2D eigenvalue weighted by molar-refractivity contribution is 7.92. The maximum atomic E-state index is 12.0. The van der Waals surface area contributed by atoms with Gasteiger partial charge in [-0.2, -0.15) is 0 Å². The molecular formula is C12H18N2OS. The second-order valence-corrected chi connectivity index (χ2v) is 7.61. The number of fused-ring (bicyclic) bond motifs is 1. The minimum Gasteiger partial charge on any atom is -0.259 e. The Balaban J connectivity index is 2.57. The number of aryl methyl sites for hydroxylation is 1. The van der Waals surface area contributed by atoms with Crippen LogP contribution in [0.25, 0.3) is 0 Å². The lowest BCUT2D eigenvalue weighted by Gasteiger charge is -2.23. The highest BCUT2D eigenvalue weighted by atomic mass is 32.2. The van der Waals surface area contributed by atoms with Crippen molar-refractivity contribution in [1.82, 2.24) is 4.98 Å². The van der Waals surface area contributed by atoms with Crippen molar-refractivity contribution in [3.8, 4) is 0 Å². The number of rotatable bonds is 0. The van der Waals surface area contributed by atoms with Crippen LogP contribution in [0, 0.1) is 4.78 Å². The Morgan fingerprint density at radius 2 is 2.12 bits per heavy atom. The van der Waals surface area contributed by atoms with Crippen molar-refractivity contribution in [3.05, 3.63) is 23.5 Å². The van der Waals surface area contributed by atoms with Crippen molar-refractivity contribution in [2.75, 3.05) is 5.75 Å². The van der Waals surface area contributed by atoms with Crippen molar-refractivity contribution in [2.24, 2.45) is 0 Å². The van der Waals surface area contributed by atoms with E-state index in [0.717, 1.165) is 24.1 Å². The number of hydrogen-bond donors (Lipinski definition) is 1. The fraction of sp³-hybridized carbons (Fsp3) is 0.583. The van der Waals surface area contributed by atoms with Crippen molar-refractivity contribution in [1.29, 1.82) is 4.78 Å². The van der Waals surface area contributed by atoms with Crippen molar-refractivity contribution >= 4 is 9.73 Å². The lowest BCUT2D eigenvalue weighted by Crippen LogP contribution is -2.19. The summed E-state index contributed by atoms with van der Waals surface area (Å²) in [5.41, 5.74) is 2.09. The number of aromatic nitrogens is 1. The average Bonchev–Trinajstić information content (AvgIpc) is 2.15. The van der Waals surface area contributed by atoms with Crippen LogP contribution in [-0.2, 0) is 21.6 Å². The Labute approximate surface area is 97.3 Å². The third-order valence-corrected chi connectivity index (χ3v) is 4.89. The monoisotopic (exact) mass is 238 g/mol. The van der Waals surface area contributed by atoms with E-state index in [2.05, 4.69) is 25.8 Å². The first-order valence-electron chi connectivity index (χ1n) is 5.56. The van der Waals surface area contributed by atoms with Gasteiger partial charge in [-0.05, 0) is 24.5 Å². The van der Waals surface area contributed by atoms with E-state index in [-0.39, 0.29) is 5.41 Å². The van der Waals surface area contributed by atoms with Gasteiger partial charge in [0.05, 0.1) is 14.6 Å². The molecule has 0 spiro atoms. The Morgan fingerprint density at radius 3 is 2.75 bits per heavy atom. The topological polar surface area (TPSA) is 53.8 Å². The predicted octanol–water partition coefficient (Wildman–Crippen LogP) is 2.73. The summed E-state index contributed by atoms with van der Waals surface area (Å²) in [6.45, 7) is 6.34. The van der Waals surface area contributed by atoms with Gasteiger partial charge in [-0.25, -0.2) is 8.99 Å². The van der Waals surface area contributed by atoms with Crippen molar-refractivity contribution < 1.29 is 4.21 Å². The Hall–Kier alpha value is -0.900. The second kappa shape index (κ2) is 3.55. The first kappa shape index (κ1) is 11.6. The molecule has 0 unspecified atom stereocenters. The summed E-state index contributed by atoms with van der Waals surface area (Å²) >= 11 is 0. The van der Waals surface area contributed by atoms with Crippen LogP contribution in [0.5, 0.6) is 0 Å². The minimum absolute atomic E-state index is 0.00931. The van der Waals surface area contributed by atoms with Gasteiger partial charge >= 0.3 is 0 Å². The molecule has 0 saturated heterocycles. The molecule has 16 heavy (non-hydrogen) atoms. The molecule has 88 valence electrons. The molecule has 1 aromatic rings. The summed E-state index contributed by atoms with van der Waals surface area (Å²) in [5, 5.41) is 0. The summed E-state index contributed by atoms with van der Waals surface area (Å²) in [7, 11) is -2.57. The lowest BCUT2D eigenvalue weighted by atomic mass is 9.90. The molecule has 4 heteroatoms. The van der Waals surface area contributed by atoms with Crippen LogP contribution < -0.4 is 0 Å². The zero-order valence-electron chi connectivity index (χ0n) is 10.0. The van der Waals surface area contributed by atoms with E-state index < -0.39 is 9.73 Å². The molecule has 2 heterocycles. The Morgan fingerprint density at radius 1 is 1.44 bits per heavy atom. The number of hydrogen-bond acceptors (Lipinski definition) is 3. The molecule has 0 fully saturated rings. The van der Waals surface area contributed by atoms with Crippen LogP contribution in [0.3, 0.4) is 0 Å². The molecule has 1 N–H and O–H groups in total. The molecule has 0 saturated carbocycles. The first-order chi connectivity index (χ1) is 7.31. The summed E-state index contributed by atoms with van der Waals surface area (Å²) in [6, 6.07) is 2.03. The molecule has 0 radical (unpaired) electrons. The Bertz CT molecular complexity index is 512. The molecule has 1 aromatic heterocycles. The third-order valence-electron chi connectivity index (χ3n) is 2.95. The second-order valence-electron chi connectivity index (χ2n) is 5.41. The van der Waals surface area contributed by atoms with Crippen molar-refractivity contribution in [3.63, 3.8) is 0 Å². The largest absolute Gasteiger partial charge is 0.259 e. The number of nitrogens with zero attached hydrogens (tertiary/aromatic N) is 1. The van der Waals surface area contributed by atoms with Crippen LogP contribution in [0.15, 0.2) is 17.2 Å². The Kier molecular flexibility index (Phi) is 2.57. The van der Waals surface area contributed by atoms with E-state index in [0.29, 0.717) is 10.6 Å². The number of pyridine rings is 1. The predicted molar refractivity (Wildman–Crippen MR) is 65.3 cm³/mol. The van der Waals surface area contributed by atoms with Crippen molar-refractivity contribution in [2.45, 2.75) is 43.9 Å². The fourth-order valence-electron chi connectivity index (χ4n) is 1.96. The van der Waals surface area contributed by atoms with Crippen LogP contribution in [0.2, 0.25) is 0 Å². The SMILES string of the molecule is CC(C)(C)c1cc2c(cn1)[S@@](=N)(=O)CCC2. The molecule has 0 amide bonds. The maximum absolute atomic E-state index is 12.0. The summed E-state index contributed by atoms with van der Waals surface area (Å²) in [4.78, 5) is 5.02. The van der Waals surface area contributed by atoms with Gasteiger partial charge in [0.25, 0.3) is 0 Å². The zero-order chi connectivity index (χ0) is 12.0. The molecule has 2 rings (SSSR count). The normalized spacial score (nSPS) is 25.2.